The number of aryl methyl sites for hydroxylation is 1. The van der Waals surface area contributed by atoms with E-state index < -0.39 is 5.97 Å². The molecule has 0 fully saturated rings. The molecule has 0 saturated carbocycles. The third kappa shape index (κ3) is 3.69. The lowest BCUT2D eigenvalue weighted by Gasteiger charge is -2.07. The van der Waals surface area contributed by atoms with Gasteiger partial charge in [0.1, 0.15) is 11.0 Å². The lowest BCUT2D eigenvalue weighted by atomic mass is 10.1. The topological polar surface area (TPSA) is 62.2 Å². The van der Waals surface area contributed by atoms with Crippen molar-refractivity contribution in [3.8, 4) is 0 Å². The van der Waals surface area contributed by atoms with E-state index in [0.717, 1.165) is 5.56 Å². The van der Waals surface area contributed by atoms with Gasteiger partial charge in [0.15, 0.2) is 0 Å². The molecule has 0 aliphatic heterocycles. The summed E-state index contributed by atoms with van der Waals surface area (Å²) < 4.78 is 0. The molecule has 0 atom stereocenters. The van der Waals surface area contributed by atoms with Gasteiger partial charge in [-0.2, -0.15) is 0 Å². The number of pyridine rings is 1. The smallest absolute Gasteiger partial charge is 0.335 e. The van der Waals surface area contributed by atoms with Gasteiger partial charge >= 0.3 is 5.97 Å². The van der Waals surface area contributed by atoms with Crippen LogP contribution in [0, 0.1) is 6.92 Å². The molecule has 1 aromatic heterocycles. The third-order valence-electron chi connectivity index (χ3n) is 2.60. The van der Waals surface area contributed by atoms with Crippen molar-refractivity contribution in [1.29, 1.82) is 0 Å². The van der Waals surface area contributed by atoms with Gasteiger partial charge in [0, 0.05) is 6.54 Å². The molecule has 0 saturated heterocycles. The summed E-state index contributed by atoms with van der Waals surface area (Å²) in [5.41, 5.74) is 2.38. The fourth-order valence-electron chi connectivity index (χ4n) is 1.73. The van der Waals surface area contributed by atoms with Crippen molar-refractivity contribution >= 4 is 23.4 Å². The lowest BCUT2D eigenvalue weighted by Crippen LogP contribution is -2.04. The lowest BCUT2D eigenvalue weighted by molar-refractivity contribution is 0.0697. The molecule has 0 aliphatic carbocycles. The summed E-state index contributed by atoms with van der Waals surface area (Å²) in [6.45, 7) is 2.58. The molecule has 0 amide bonds. The van der Waals surface area contributed by atoms with E-state index in [2.05, 4.69) is 16.4 Å². The van der Waals surface area contributed by atoms with Crippen molar-refractivity contribution in [3.63, 3.8) is 0 Å². The fraction of sp³-hybridized carbons (Fsp3) is 0.143. The van der Waals surface area contributed by atoms with E-state index in [1.165, 1.54) is 17.7 Å². The van der Waals surface area contributed by atoms with Crippen LogP contribution in [0.25, 0.3) is 0 Å². The number of carboxylic acid groups (broad SMARTS) is 1. The Morgan fingerprint density at radius 3 is 2.84 bits per heavy atom. The number of hydrogen-bond acceptors (Lipinski definition) is 3. The van der Waals surface area contributed by atoms with Gasteiger partial charge in [-0.15, -0.1) is 0 Å². The number of carbonyl (C=O) groups is 1. The number of nitrogens with zero attached hydrogens (tertiary/aromatic N) is 1. The molecule has 1 aromatic carbocycles. The Morgan fingerprint density at radius 1 is 1.37 bits per heavy atom. The van der Waals surface area contributed by atoms with Gasteiger partial charge in [-0.25, -0.2) is 9.78 Å². The van der Waals surface area contributed by atoms with E-state index in [1.807, 2.05) is 25.1 Å². The van der Waals surface area contributed by atoms with Crippen LogP contribution in [0.4, 0.5) is 5.82 Å². The number of anilines is 1. The molecule has 2 rings (SSSR count). The standard InChI is InChI=1S/C14H13ClN2O2/c1-9-3-2-4-10(5-9)8-16-13-7-11(14(18)19)6-12(15)17-13/h2-7H,8H2,1H3,(H,16,17)(H,18,19). The van der Waals surface area contributed by atoms with Crippen LogP contribution >= 0.6 is 11.6 Å². The third-order valence-corrected chi connectivity index (χ3v) is 2.79. The highest BCUT2D eigenvalue weighted by molar-refractivity contribution is 6.29. The summed E-state index contributed by atoms with van der Waals surface area (Å²) in [5, 5.41) is 12.2. The van der Waals surface area contributed by atoms with E-state index in [0.29, 0.717) is 12.4 Å². The number of nitrogens with one attached hydrogen (secondary N) is 1. The number of aromatic nitrogens is 1. The van der Waals surface area contributed by atoms with Gasteiger partial charge in [0.05, 0.1) is 5.56 Å². The van der Waals surface area contributed by atoms with Crippen molar-refractivity contribution in [2.75, 3.05) is 5.32 Å². The van der Waals surface area contributed by atoms with Crippen LogP contribution < -0.4 is 5.32 Å². The minimum absolute atomic E-state index is 0.117. The molecular weight excluding hydrogens is 264 g/mol. The molecule has 98 valence electrons. The van der Waals surface area contributed by atoms with Crippen molar-refractivity contribution in [3.05, 3.63) is 58.2 Å². The van der Waals surface area contributed by atoms with Crippen LogP contribution in [0.2, 0.25) is 5.15 Å². The Hall–Kier alpha value is -2.07. The quantitative estimate of drug-likeness (QED) is 0.841. The first-order chi connectivity index (χ1) is 9.04. The van der Waals surface area contributed by atoms with E-state index in [4.69, 9.17) is 16.7 Å². The molecule has 0 spiro atoms. The predicted molar refractivity (Wildman–Crippen MR) is 74.7 cm³/mol. The van der Waals surface area contributed by atoms with E-state index in [-0.39, 0.29) is 10.7 Å². The zero-order valence-corrected chi connectivity index (χ0v) is 11.1. The molecule has 2 N–H and O–H groups in total. The monoisotopic (exact) mass is 276 g/mol. The minimum atomic E-state index is -1.03. The number of benzene rings is 1. The Morgan fingerprint density at radius 2 is 2.16 bits per heavy atom. The summed E-state index contributed by atoms with van der Waals surface area (Å²) >= 11 is 5.79. The SMILES string of the molecule is Cc1cccc(CNc2cc(C(=O)O)cc(Cl)n2)c1. The summed E-state index contributed by atoms with van der Waals surface area (Å²) in [6, 6.07) is 10.8. The van der Waals surface area contributed by atoms with Gasteiger partial charge in [-0.05, 0) is 24.6 Å². The Balaban J connectivity index is 2.13. The predicted octanol–water partition coefficient (Wildman–Crippen LogP) is 3.35. The Kier molecular flexibility index (Phi) is 4.02. The molecule has 5 heteroatoms. The highest BCUT2D eigenvalue weighted by atomic mass is 35.5. The van der Waals surface area contributed by atoms with Crippen LogP contribution in [-0.4, -0.2) is 16.1 Å². The maximum absolute atomic E-state index is 10.9. The maximum Gasteiger partial charge on any atom is 0.335 e. The zero-order valence-electron chi connectivity index (χ0n) is 10.4. The second kappa shape index (κ2) is 5.71. The summed E-state index contributed by atoms with van der Waals surface area (Å²) in [6.07, 6.45) is 0. The normalized spacial score (nSPS) is 10.2. The first-order valence-corrected chi connectivity index (χ1v) is 6.13. The van der Waals surface area contributed by atoms with Crippen LogP contribution in [0.5, 0.6) is 0 Å². The second-order valence-electron chi connectivity index (χ2n) is 4.21. The zero-order chi connectivity index (χ0) is 13.8. The van der Waals surface area contributed by atoms with Crippen molar-refractivity contribution in [2.45, 2.75) is 13.5 Å². The average Bonchev–Trinajstić information content (AvgIpc) is 2.36. The summed E-state index contributed by atoms with van der Waals surface area (Å²) in [5.74, 6) is -0.575. The van der Waals surface area contributed by atoms with E-state index in [9.17, 15) is 4.79 Å². The molecule has 0 radical (unpaired) electrons. The van der Waals surface area contributed by atoms with Gasteiger partial charge in [0.2, 0.25) is 0 Å². The van der Waals surface area contributed by atoms with Gasteiger partial charge in [-0.1, -0.05) is 41.4 Å². The van der Waals surface area contributed by atoms with E-state index in [1.54, 1.807) is 0 Å². The van der Waals surface area contributed by atoms with Gasteiger partial charge in [-0.3, -0.25) is 0 Å². The number of halogens is 1. The molecule has 0 bridgehead atoms. The number of carboxylic acids is 1. The first-order valence-electron chi connectivity index (χ1n) is 5.75. The van der Waals surface area contributed by atoms with Crippen LogP contribution in [0.3, 0.4) is 0 Å². The van der Waals surface area contributed by atoms with Crippen LogP contribution in [0.15, 0.2) is 36.4 Å². The first kappa shape index (κ1) is 13.4. The van der Waals surface area contributed by atoms with Gasteiger partial charge < -0.3 is 10.4 Å². The van der Waals surface area contributed by atoms with Crippen molar-refractivity contribution in [2.24, 2.45) is 0 Å². The van der Waals surface area contributed by atoms with Crippen LogP contribution in [-0.2, 0) is 6.54 Å². The highest BCUT2D eigenvalue weighted by Gasteiger charge is 2.07. The molecule has 1 heterocycles. The molecular formula is C14H13ClN2O2. The molecule has 0 unspecified atom stereocenters. The Bertz CT molecular complexity index is 614. The molecule has 0 aliphatic rings. The molecule has 4 nitrogen and oxygen atoms in total. The number of aromatic carboxylic acids is 1. The van der Waals surface area contributed by atoms with Crippen molar-refractivity contribution < 1.29 is 9.90 Å². The van der Waals surface area contributed by atoms with Gasteiger partial charge in [0.25, 0.3) is 0 Å². The summed E-state index contributed by atoms with van der Waals surface area (Å²) in [7, 11) is 0. The maximum atomic E-state index is 10.9. The second-order valence-corrected chi connectivity index (χ2v) is 4.60. The number of hydrogen-bond donors (Lipinski definition) is 2. The van der Waals surface area contributed by atoms with E-state index >= 15 is 0 Å². The summed E-state index contributed by atoms with van der Waals surface area (Å²) in [4.78, 5) is 15.0. The average molecular weight is 277 g/mol. The highest BCUT2D eigenvalue weighted by Crippen LogP contribution is 2.15. The number of rotatable bonds is 4. The molecule has 19 heavy (non-hydrogen) atoms. The molecule has 2 aromatic rings. The van der Waals surface area contributed by atoms with Crippen molar-refractivity contribution in [1.82, 2.24) is 4.98 Å². The minimum Gasteiger partial charge on any atom is -0.478 e. The largest absolute Gasteiger partial charge is 0.478 e. The Labute approximate surface area is 116 Å². The fourth-order valence-corrected chi connectivity index (χ4v) is 1.93. The van der Waals surface area contributed by atoms with Crippen LogP contribution in [0.1, 0.15) is 21.5 Å².